The van der Waals surface area contributed by atoms with E-state index in [9.17, 15) is 4.79 Å². The Kier molecular flexibility index (Phi) is 5.54. The average molecular weight is 214 g/mol. The van der Waals surface area contributed by atoms with E-state index in [1.807, 2.05) is 20.8 Å². The van der Waals surface area contributed by atoms with Crippen LogP contribution < -0.4 is 5.73 Å². The van der Waals surface area contributed by atoms with Crippen molar-refractivity contribution in [2.45, 2.75) is 26.8 Å². The second kappa shape index (κ2) is 5.88. The molecule has 88 valence electrons. The Morgan fingerprint density at radius 3 is 2.47 bits per heavy atom. The number of nitrogens with zero attached hydrogens (tertiary/aromatic N) is 1. The average Bonchev–Trinajstić information content (AvgIpc) is 2.14. The van der Waals surface area contributed by atoms with E-state index >= 15 is 0 Å². The standard InChI is InChI=1S/C11H22N2O2/c1-5-6-13(7-8-14)10(15)9(12)11(2,3)4/h5,9,14H,1,6-8,12H2,2-4H3. The summed E-state index contributed by atoms with van der Waals surface area (Å²) in [4.78, 5) is 13.4. The van der Waals surface area contributed by atoms with Crippen molar-refractivity contribution in [3.63, 3.8) is 0 Å². The maximum Gasteiger partial charge on any atom is 0.240 e. The van der Waals surface area contributed by atoms with Gasteiger partial charge in [-0.1, -0.05) is 26.8 Å². The van der Waals surface area contributed by atoms with Crippen LogP contribution in [0.5, 0.6) is 0 Å². The lowest BCUT2D eigenvalue weighted by molar-refractivity contribution is -0.134. The fourth-order valence-electron chi connectivity index (χ4n) is 1.14. The van der Waals surface area contributed by atoms with Gasteiger partial charge < -0.3 is 15.7 Å². The van der Waals surface area contributed by atoms with Gasteiger partial charge in [0, 0.05) is 13.1 Å². The molecule has 4 heteroatoms. The number of hydrogen-bond donors (Lipinski definition) is 2. The summed E-state index contributed by atoms with van der Waals surface area (Å²) in [6, 6.07) is -0.552. The number of amides is 1. The van der Waals surface area contributed by atoms with Crippen LogP contribution in [-0.2, 0) is 4.79 Å². The first-order valence-electron chi connectivity index (χ1n) is 5.10. The third kappa shape index (κ3) is 4.44. The molecular formula is C11H22N2O2. The zero-order valence-electron chi connectivity index (χ0n) is 9.86. The minimum atomic E-state index is -0.552. The van der Waals surface area contributed by atoms with Gasteiger partial charge >= 0.3 is 0 Å². The van der Waals surface area contributed by atoms with Gasteiger partial charge in [-0.25, -0.2) is 0 Å². The summed E-state index contributed by atoms with van der Waals surface area (Å²) in [5.41, 5.74) is 5.58. The monoisotopic (exact) mass is 214 g/mol. The van der Waals surface area contributed by atoms with Gasteiger partial charge in [-0.15, -0.1) is 6.58 Å². The van der Waals surface area contributed by atoms with Crippen LogP contribution in [0.3, 0.4) is 0 Å². The molecule has 0 aromatic rings. The van der Waals surface area contributed by atoms with Gasteiger partial charge in [0.05, 0.1) is 12.6 Å². The molecule has 0 aliphatic heterocycles. The molecule has 4 nitrogen and oxygen atoms in total. The van der Waals surface area contributed by atoms with Crippen molar-refractivity contribution >= 4 is 5.91 Å². The lowest BCUT2D eigenvalue weighted by Crippen LogP contribution is -2.51. The molecule has 0 spiro atoms. The molecule has 0 bridgehead atoms. The van der Waals surface area contributed by atoms with Gasteiger partial charge in [0.15, 0.2) is 0 Å². The smallest absolute Gasteiger partial charge is 0.240 e. The second-order valence-electron chi connectivity index (χ2n) is 4.64. The molecular weight excluding hydrogens is 192 g/mol. The van der Waals surface area contributed by atoms with Crippen LogP contribution in [0.1, 0.15) is 20.8 Å². The molecule has 1 atom stereocenters. The largest absolute Gasteiger partial charge is 0.395 e. The topological polar surface area (TPSA) is 66.6 Å². The summed E-state index contributed by atoms with van der Waals surface area (Å²) in [6.07, 6.45) is 1.63. The maximum absolute atomic E-state index is 11.9. The molecule has 1 amide bonds. The van der Waals surface area contributed by atoms with Crippen LogP contribution in [0.2, 0.25) is 0 Å². The molecule has 0 aromatic carbocycles. The van der Waals surface area contributed by atoms with Crippen molar-refractivity contribution in [3.8, 4) is 0 Å². The first kappa shape index (κ1) is 14.1. The zero-order valence-corrected chi connectivity index (χ0v) is 9.86. The molecule has 0 saturated carbocycles. The van der Waals surface area contributed by atoms with Crippen molar-refractivity contribution in [1.82, 2.24) is 4.90 Å². The highest BCUT2D eigenvalue weighted by molar-refractivity contribution is 5.82. The quantitative estimate of drug-likeness (QED) is 0.650. The molecule has 15 heavy (non-hydrogen) atoms. The summed E-state index contributed by atoms with van der Waals surface area (Å²) >= 11 is 0. The van der Waals surface area contributed by atoms with Crippen LogP contribution in [0.15, 0.2) is 12.7 Å². The van der Waals surface area contributed by atoms with Gasteiger partial charge in [-0.2, -0.15) is 0 Å². The Morgan fingerprint density at radius 1 is 1.60 bits per heavy atom. The van der Waals surface area contributed by atoms with Crippen LogP contribution in [0, 0.1) is 5.41 Å². The van der Waals surface area contributed by atoms with Crippen molar-refractivity contribution in [2.75, 3.05) is 19.7 Å². The molecule has 0 aliphatic rings. The van der Waals surface area contributed by atoms with Crippen molar-refractivity contribution in [3.05, 3.63) is 12.7 Å². The normalized spacial score (nSPS) is 13.4. The van der Waals surface area contributed by atoms with E-state index in [0.717, 1.165) is 0 Å². The number of hydrogen-bond acceptors (Lipinski definition) is 3. The first-order valence-corrected chi connectivity index (χ1v) is 5.10. The van der Waals surface area contributed by atoms with E-state index in [-0.39, 0.29) is 17.9 Å². The highest BCUT2D eigenvalue weighted by Gasteiger charge is 2.30. The predicted molar refractivity (Wildman–Crippen MR) is 61.3 cm³/mol. The van der Waals surface area contributed by atoms with E-state index in [0.29, 0.717) is 13.1 Å². The molecule has 0 heterocycles. The summed E-state index contributed by atoms with van der Waals surface area (Å²) in [5.74, 6) is -0.142. The SMILES string of the molecule is C=CCN(CCO)C(=O)C(N)C(C)(C)C. The summed E-state index contributed by atoms with van der Waals surface area (Å²) in [7, 11) is 0. The lowest BCUT2D eigenvalue weighted by atomic mass is 9.86. The number of nitrogens with two attached hydrogens (primary N) is 1. The van der Waals surface area contributed by atoms with E-state index in [1.54, 1.807) is 6.08 Å². The maximum atomic E-state index is 11.9. The fraction of sp³-hybridized carbons (Fsp3) is 0.727. The Bertz CT molecular complexity index is 221. The third-order valence-corrected chi connectivity index (χ3v) is 2.23. The number of aliphatic hydroxyl groups is 1. The number of aliphatic hydroxyl groups excluding tert-OH is 1. The lowest BCUT2D eigenvalue weighted by Gasteiger charge is -2.31. The van der Waals surface area contributed by atoms with Gasteiger partial charge in [0.1, 0.15) is 0 Å². The van der Waals surface area contributed by atoms with Crippen molar-refractivity contribution in [2.24, 2.45) is 11.1 Å². The Balaban J connectivity index is 4.55. The third-order valence-electron chi connectivity index (χ3n) is 2.23. The van der Waals surface area contributed by atoms with E-state index in [1.165, 1.54) is 4.90 Å². The molecule has 3 N–H and O–H groups in total. The summed E-state index contributed by atoms with van der Waals surface area (Å²) < 4.78 is 0. The van der Waals surface area contributed by atoms with Crippen LogP contribution in [0.25, 0.3) is 0 Å². The second-order valence-corrected chi connectivity index (χ2v) is 4.64. The summed E-state index contributed by atoms with van der Waals surface area (Å²) in [6.45, 7) is 9.98. The van der Waals surface area contributed by atoms with Gasteiger partial charge in [0.25, 0.3) is 0 Å². The number of carbonyl (C=O) groups is 1. The molecule has 0 aromatic heterocycles. The van der Waals surface area contributed by atoms with E-state index in [4.69, 9.17) is 10.8 Å². The molecule has 0 rings (SSSR count). The zero-order chi connectivity index (χ0) is 12.1. The molecule has 0 fully saturated rings. The Hall–Kier alpha value is -0.870. The van der Waals surface area contributed by atoms with Gasteiger partial charge in [0.2, 0.25) is 5.91 Å². The molecule has 0 radical (unpaired) electrons. The number of carbonyl (C=O) groups excluding carboxylic acids is 1. The van der Waals surface area contributed by atoms with Gasteiger partial charge in [-0.05, 0) is 5.41 Å². The first-order chi connectivity index (χ1) is 6.84. The van der Waals surface area contributed by atoms with E-state index < -0.39 is 6.04 Å². The Labute approximate surface area is 91.8 Å². The highest BCUT2D eigenvalue weighted by atomic mass is 16.3. The molecule has 0 saturated heterocycles. The Morgan fingerprint density at radius 2 is 2.13 bits per heavy atom. The van der Waals surface area contributed by atoms with Crippen molar-refractivity contribution < 1.29 is 9.90 Å². The summed E-state index contributed by atoms with van der Waals surface area (Å²) in [5, 5.41) is 8.83. The van der Waals surface area contributed by atoms with Crippen molar-refractivity contribution in [1.29, 1.82) is 0 Å². The predicted octanol–water partition coefficient (Wildman–Crippen LogP) is 0.367. The number of rotatable bonds is 5. The van der Waals surface area contributed by atoms with Crippen LogP contribution >= 0.6 is 0 Å². The molecule has 1 unspecified atom stereocenters. The highest BCUT2D eigenvalue weighted by Crippen LogP contribution is 2.18. The van der Waals surface area contributed by atoms with Crippen LogP contribution in [0.4, 0.5) is 0 Å². The van der Waals surface area contributed by atoms with Gasteiger partial charge in [-0.3, -0.25) is 4.79 Å². The minimum Gasteiger partial charge on any atom is -0.395 e. The van der Waals surface area contributed by atoms with E-state index in [2.05, 4.69) is 6.58 Å². The molecule has 0 aliphatic carbocycles. The van der Waals surface area contributed by atoms with Crippen LogP contribution in [-0.4, -0.2) is 41.7 Å². The fourth-order valence-corrected chi connectivity index (χ4v) is 1.14. The minimum absolute atomic E-state index is 0.0591.